The number of nitrogens with one attached hydrogen (secondary N) is 1. The largest absolute Gasteiger partial charge is 0.343 e. The van der Waals surface area contributed by atoms with E-state index in [2.05, 4.69) is 25.6 Å². The highest BCUT2D eigenvalue weighted by Crippen LogP contribution is 2.13. The van der Waals surface area contributed by atoms with Gasteiger partial charge in [-0.15, -0.1) is 0 Å². The fraction of sp³-hybridized carbons (Fsp3) is 0.500. The van der Waals surface area contributed by atoms with Crippen LogP contribution >= 0.6 is 15.9 Å². The zero-order valence-electron chi connectivity index (χ0n) is 11.5. The molecule has 0 unspecified atom stereocenters. The standard InChI is InChI=1S/C12H18BrN3O3S/c1-3-16(4-2)12(17)5-6-15-20(18,19)11-7-10(13)8-14-9-11/h7-9,15H,3-6H2,1-2H3. The maximum Gasteiger partial charge on any atom is 0.242 e. The summed E-state index contributed by atoms with van der Waals surface area (Å²) < 4.78 is 26.9. The zero-order chi connectivity index (χ0) is 15.2. The number of pyridine rings is 1. The third kappa shape index (κ3) is 4.84. The number of nitrogens with zero attached hydrogens (tertiary/aromatic N) is 2. The molecule has 0 aromatic carbocycles. The van der Waals surface area contributed by atoms with Crippen LogP contribution in [0, 0.1) is 0 Å². The Labute approximate surface area is 127 Å². The SMILES string of the molecule is CCN(CC)C(=O)CCNS(=O)(=O)c1cncc(Br)c1. The first-order valence-corrected chi connectivity index (χ1v) is 8.56. The van der Waals surface area contributed by atoms with E-state index in [4.69, 9.17) is 0 Å². The molecule has 0 bridgehead atoms. The fourth-order valence-electron chi connectivity index (χ4n) is 1.65. The summed E-state index contributed by atoms with van der Waals surface area (Å²) in [6.07, 6.45) is 2.91. The van der Waals surface area contributed by atoms with Gasteiger partial charge in [0.1, 0.15) is 4.90 Å². The van der Waals surface area contributed by atoms with Crippen LogP contribution < -0.4 is 4.72 Å². The first kappa shape index (κ1) is 17.1. The van der Waals surface area contributed by atoms with Gasteiger partial charge in [0.05, 0.1) is 0 Å². The second kappa shape index (κ2) is 7.70. The molecule has 0 atom stereocenters. The Hall–Kier alpha value is -0.990. The summed E-state index contributed by atoms with van der Waals surface area (Å²) in [6, 6.07) is 1.46. The second-order valence-corrected chi connectivity index (χ2v) is 6.74. The fourth-order valence-corrected chi connectivity index (χ4v) is 3.18. The van der Waals surface area contributed by atoms with Crippen LogP contribution in [0.3, 0.4) is 0 Å². The van der Waals surface area contributed by atoms with E-state index in [9.17, 15) is 13.2 Å². The van der Waals surface area contributed by atoms with Gasteiger partial charge in [-0.25, -0.2) is 13.1 Å². The van der Waals surface area contributed by atoms with Gasteiger partial charge >= 0.3 is 0 Å². The van der Waals surface area contributed by atoms with Gasteiger partial charge < -0.3 is 4.90 Å². The Morgan fingerprint density at radius 1 is 1.35 bits per heavy atom. The van der Waals surface area contributed by atoms with Gasteiger partial charge in [0.25, 0.3) is 0 Å². The van der Waals surface area contributed by atoms with Crippen LogP contribution in [-0.4, -0.2) is 43.8 Å². The summed E-state index contributed by atoms with van der Waals surface area (Å²) >= 11 is 3.17. The van der Waals surface area contributed by atoms with Gasteiger partial charge in [-0.1, -0.05) is 0 Å². The minimum Gasteiger partial charge on any atom is -0.343 e. The van der Waals surface area contributed by atoms with Crippen molar-refractivity contribution in [3.63, 3.8) is 0 Å². The highest BCUT2D eigenvalue weighted by molar-refractivity contribution is 9.10. The molecule has 1 aromatic heterocycles. The molecule has 1 heterocycles. The average Bonchev–Trinajstić information content (AvgIpc) is 2.40. The topological polar surface area (TPSA) is 79.4 Å². The molecule has 6 nitrogen and oxygen atoms in total. The second-order valence-electron chi connectivity index (χ2n) is 4.05. The monoisotopic (exact) mass is 363 g/mol. The van der Waals surface area contributed by atoms with Gasteiger partial charge in [-0.2, -0.15) is 0 Å². The maximum absolute atomic E-state index is 12.0. The Morgan fingerprint density at radius 2 is 2.00 bits per heavy atom. The van der Waals surface area contributed by atoms with Gasteiger partial charge in [-0.05, 0) is 35.8 Å². The number of carbonyl (C=O) groups excluding carboxylic acids is 1. The van der Waals surface area contributed by atoms with Crippen molar-refractivity contribution in [1.82, 2.24) is 14.6 Å². The molecule has 1 rings (SSSR count). The molecule has 0 aliphatic heterocycles. The lowest BCUT2D eigenvalue weighted by molar-refractivity contribution is -0.130. The maximum atomic E-state index is 12.0. The lowest BCUT2D eigenvalue weighted by Gasteiger charge is -2.18. The van der Waals surface area contributed by atoms with E-state index in [-0.39, 0.29) is 23.8 Å². The molecule has 0 saturated carbocycles. The molecule has 1 amide bonds. The minimum absolute atomic E-state index is 0.0648. The van der Waals surface area contributed by atoms with Gasteiger partial charge in [0.15, 0.2) is 0 Å². The molecule has 1 aromatic rings. The number of amides is 1. The number of hydrogen-bond acceptors (Lipinski definition) is 4. The van der Waals surface area contributed by atoms with E-state index in [0.29, 0.717) is 17.6 Å². The number of carbonyl (C=O) groups is 1. The van der Waals surface area contributed by atoms with Crippen molar-refractivity contribution in [3.8, 4) is 0 Å². The third-order valence-corrected chi connectivity index (χ3v) is 4.60. The first-order valence-electron chi connectivity index (χ1n) is 6.28. The average molecular weight is 364 g/mol. The van der Waals surface area contributed by atoms with Crippen LogP contribution in [-0.2, 0) is 14.8 Å². The number of hydrogen-bond donors (Lipinski definition) is 1. The third-order valence-electron chi connectivity index (χ3n) is 2.74. The molecular weight excluding hydrogens is 346 g/mol. The van der Waals surface area contributed by atoms with E-state index in [1.54, 1.807) is 4.90 Å². The predicted molar refractivity (Wildman–Crippen MR) is 79.7 cm³/mol. The van der Waals surface area contributed by atoms with Crippen molar-refractivity contribution in [2.24, 2.45) is 0 Å². The van der Waals surface area contributed by atoms with Crippen LogP contribution in [0.15, 0.2) is 27.8 Å². The number of rotatable bonds is 7. The quantitative estimate of drug-likeness (QED) is 0.793. The molecule has 0 aliphatic rings. The first-order chi connectivity index (χ1) is 9.40. The number of aromatic nitrogens is 1. The molecule has 0 aliphatic carbocycles. The summed E-state index contributed by atoms with van der Waals surface area (Å²) in [4.78, 5) is 17.3. The van der Waals surface area contributed by atoms with Crippen LogP contribution in [0.1, 0.15) is 20.3 Å². The molecule has 0 fully saturated rings. The Morgan fingerprint density at radius 3 is 2.55 bits per heavy atom. The van der Waals surface area contributed by atoms with Crippen molar-refractivity contribution in [2.75, 3.05) is 19.6 Å². The van der Waals surface area contributed by atoms with Gasteiger partial charge in [0, 0.05) is 42.9 Å². The van der Waals surface area contributed by atoms with E-state index >= 15 is 0 Å². The molecule has 0 radical (unpaired) electrons. The van der Waals surface area contributed by atoms with Crippen molar-refractivity contribution < 1.29 is 13.2 Å². The Balaban J connectivity index is 2.59. The normalized spacial score (nSPS) is 11.3. The molecular formula is C12H18BrN3O3S. The summed E-state index contributed by atoms with van der Waals surface area (Å²) in [5, 5.41) is 0. The molecule has 0 spiro atoms. The lowest BCUT2D eigenvalue weighted by Crippen LogP contribution is -2.34. The zero-order valence-corrected chi connectivity index (χ0v) is 13.9. The number of sulfonamides is 1. The molecule has 1 N–H and O–H groups in total. The van der Waals surface area contributed by atoms with Gasteiger partial charge in [-0.3, -0.25) is 9.78 Å². The van der Waals surface area contributed by atoms with E-state index in [0.717, 1.165) is 0 Å². The van der Waals surface area contributed by atoms with Crippen molar-refractivity contribution in [3.05, 3.63) is 22.9 Å². The van der Waals surface area contributed by atoms with Crippen molar-refractivity contribution >= 4 is 31.9 Å². The highest BCUT2D eigenvalue weighted by atomic mass is 79.9. The smallest absolute Gasteiger partial charge is 0.242 e. The predicted octanol–water partition coefficient (Wildman–Crippen LogP) is 1.38. The Kier molecular flexibility index (Phi) is 6.57. The van der Waals surface area contributed by atoms with Crippen molar-refractivity contribution in [2.45, 2.75) is 25.2 Å². The van der Waals surface area contributed by atoms with Crippen LogP contribution in [0.2, 0.25) is 0 Å². The minimum atomic E-state index is -3.63. The summed E-state index contributed by atoms with van der Waals surface area (Å²) in [7, 11) is -3.63. The molecule has 0 saturated heterocycles. The molecule has 20 heavy (non-hydrogen) atoms. The van der Waals surface area contributed by atoms with Gasteiger partial charge in [0.2, 0.25) is 15.9 Å². The van der Waals surface area contributed by atoms with Crippen LogP contribution in [0.5, 0.6) is 0 Å². The molecule has 8 heteroatoms. The Bertz CT molecular complexity index is 559. The summed E-state index contributed by atoms with van der Waals surface area (Å²) in [6.45, 7) is 5.09. The van der Waals surface area contributed by atoms with E-state index in [1.807, 2.05) is 13.8 Å². The lowest BCUT2D eigenvalue weighted by atomic mass is 10.3. The van der Waals surface area contributed by atoms with Crippen molar-refractivity contribution in [1.29, 1.82) is 0 Å². The molecule has 112 valence electrons. The summed E-state index contributed by atoms with van der Waals surface area (Å²) in [5.74, 6) is -0.0648. The van der Waals surface area contributed by atoms with E-state index < -0.39 is 10.0 Å². The number of halogens is 1. The van der Waals surface area contributed by atoms with Crippen LogP contribution in [0.25, 0.3) is 0 Å². The highest BCUT2D eigenvalue weighted by Gasteiger charge is 2.16. The summed E-state index contributed by atoms with van der Waals surface area (Å²) in [5.41, 5.74) is 0. The van der Waals surface area contributed by atoms with Crippen LogP contribution in [0.4, 0.5) is 0 Å². The van der Waals surface area contributed by atoms with E-state index in [1.165, 1.54) is 18.5 Å².